The molecule has 0 bridgehead atoms. The summed E-state index contributed by atoms with van der Waals surface area (Å²) in [5.41, 5.74) is 0.543. The van der Waals surface area contributed by atoms with Gasteiger partial charge in [0.15, 0.2) is 0 Å². The van der Waals surface area contributed by atoms with Crippen molar-refractivity contribution in [2.75, 3.05) is 6.61 Å². The van der Waals surface area contributed by atoms with E-state index in [1.54, 1.807) is 0 Å². The van der Waals surface area contributed by atoms with Gasteiger partial charge in [0.05, 0.1) is 5.60 Å². The van der Waals surface area contributed by atoms with E-state index < -0.39 is 11.7 Å². The van der Waals surface area contributed by atoms with Crippen molar-refractivity contribution in [2.45, 2.75) is 37.9 Å². The fourth-order valence-electron chi connectivity index (χ4n) is 2.16. The summed E-state index contributed by atoms with van der Waals surface area (Å²) >= 11 is 0. The molecule has 2 nitrogen and oxygen atoms in total. The molecule has 0 aliphatic carbocycles. The summed E-state index contributed by atoms with van der Waals surface area (Å²) in [5, 5.41) is 10.3. The molecule has 2 atom stereocenters. The van der Waals surface area contributed by atoms with Crippen LogP contribution in [-0.2, 0) is 4.74 Å². The Bertz CT molecular complexity index is 302. The minimum atomic E-state index is -0.515. The lowest BCUT2D eigenvalue weighted by Gasteiger charge is -2.38. The molecule has 1 aromatic rings. The Morgan fingerprint density at radius 2 is 2.00 bits per heavy atom. The standard InChI is InChI=1S/C13H18O2/c1-13(9-5-6-10-15-13)12(14)11-7-3-2-4-8-11/h2-4,7-8,12,14H,5-6,9-10H2,1H3. The number of aliphatic hydroxyl groups excluding tert-OH is 1. The van der Waals surface area contributed by atoms with Gasteiger partial charge < -0.3 is 9.84 Å². The zero-order valence-electron chi connectivity index (χ0n) is 9.15. The van der Waals surface area contributed by atoms with Gasteiger partial charge in [-0.05, 0) is 31.7 Å². The summed E-state index contributed by atoms with van der Waals surface area (Å²) in [4.78, 5) is 0. The molecule has 0 amide bonds. The van der Waals surface area contributed by atoms with Crippen LogP contribution in [0.2, 0.25) is 0 Å². The van der Waals surface area contributed by atoms with Crippen molar-refractivity contribution >= 4 is 0 Å². The molecule has 1 aliphatic rings. The maximum absolute atomic E-state index is 10.3. The third kappa shape index (κ3) is 2.21. The molecule has 2 heteroatoms. The summed E-state index contributed by atoms with van der Waals surface area (Å²) in [6, 6.07) is 9.76. The molecule has 1 aliphatic heterocycles. The minimum Gasteiger partial charge on any atom is -0.385 e. The van der Waals surface area contributed by atoms with E-state index in [-0.39, 0.29) is 0 Å². The van der Waals surface area contributed by atoms with E-state index in [0.29, 0.717) is 0 Å². The van der Waals surface area contributed by atoms with E-state index in [0.717, 1.165) is 31.4 Å². The van der Waals surface area contributed by atoms with Crippen LogP contribution in [0.15, 0.2) is 30.3 Å². The number of rotatable bonds is 2. The Hall–Kier alpha value is -0.860. The normalized spacial score (nSPS) is 28.7. The van der Waals surface area contributed by atoms with Crippen LogP contribution in [-0.4, -0.2) is 17.3 Å². The van der Waals surface area contributed by atoms with Gasteiger partial charge in [0, 0.05) is 6.61 Å². The van der Waals surface area contributed by atoms with Crippen molar-refractivity contribution in [1.29, 1.82) is 0 Å². The largest absolute Gasteiger partial charge is 0.385 e. The van der Waals surface area contributed by atoms with Gasteiger partial charge in [-0.2, -0.15) is 0 Å². The predicted octanol–water partition coefficient (Wildman–Crippen LogP) is 2.68. The first-order valence-corrected chi connectivity index (χ1v) is 5.59. The van der Waals surface area contributed by atoms with E-state index in [2.05, 4.69) is 0 Å². The van der Waals surface area contributed by atoms with Gasteiger partial charge in [-0.15, -0.1) is 0 Å². The van der Waals surface area contributed by atoms with Gasteiger partial charge in [-0.25, -0.2) is 0 Å². The van der Waals surface area contributed by atoms with Gasteiger partial charge in [0.1, 0.15) is 6.10 Å². The molecule has 15 heavy (non-hydrogen) atoms. The highest BCUT2D eigenvalue weighted by Crippen LogP contribution is 2.36. The SMILES string of the molecule is CC1(C(O)c2ccccc2)CCCCO1. The molecule has 82 valence electrons. The van der Waals surface area contributed by atoms with E-state index in [1.165, 1.54) is 0 Å². The van der Waals surface area contributed by atoms with Crippen LogP contribution in [0.1, 0.15) is 37.9 Å². The lowest BCUT2D eigenvalue weighted by Crippen LogP contribution is -2.39. The smallest absolute Gasteiger partial charge is 0.108 e. The number of hydrogen-bond acceptors (Lipinski definition) is 2. The second-order valence-corrected chi connectivity index (χ2v) is 4.43. The maximum Gasteiger partial charge on any atom is 0.108 e. The molecule has 0 aromatic heterocycles. The topological polar surface area (TPSA) is 29.5 Å². The lowest BCUT2D eigenvalue weighted by atomic mass is 9.86. The van der Waals surface area contributed by atoms with Crippen molar-refractivity contribution in [3.05, 3.63) is 35.9 Å². The Morgan fingerprint density at radius 1 is 1.27 bits per heavy atom. The summed E-state index contributed by atoms with van der Waals surface area (Å²) in [5.74, 6) is 0. The number of aliphatic hydroxyl groups is 1. The monoisotopic (exact) mass is 206 g/mol. The zero-order valence-corrected chi connectivity index (χ0v) is 9.15. The summed E-state index contributed by atoms with van der Waals surface area (Å²) in [6.07, 6.45) is 2.67. The Morgan fingerprint density at radius 3 is 2.60 bits per heavy atom. The maximum atomic E-state index is 10.3. The van der Waals surface area contributed by atoms with Crippen LogP contribution in [0, 0.1) is 0 Å². The molecule has 2 unspecified atom stereocenters. The van der Waals surface area contributed by atoms with Gasteiger partial charge in [-0.3, -0.25) is 0 Å². The number of hydrogen-bond donors (Lipinski definition) is 1. The molecule has 1 fully saturated rings. The molecular formula is C13H18O2. The molecule has 1 saturated heterocycles. The summed E-state index contributed by atoms with van der Waals surface area (Å²) in [6.45, 7) is 2.77. The fourth-order valence-corrected chi connectivity index (χ4v) is 2.16. The van der Waals surface area contributed by atoms with Crippen LogP contribution in [0.4, 0.5) is 0 Å². The third-order valence-corrected chi connectivity index (χ3v) is 3.19. The zero-order chi connectivity index (χ0) is 10.7. The average Bonchev–Trinajstić information content (AvgIpc) is 2.30. The Labute approximate surface area is 90.9 Å². The van der Waals surface area contributed by atoms with Crippen molar-refractivity contribution < 1.29 is 9.84 Å². The summed E-state index contributed by atoms with van der Waals surface area (Å²) < 4.78 is 5.73. The predicted molar refractivity (Wildman–Crippen MR) is 59.6 cm³/mol. The average molecular weight is 206 g/mol. The van der Waals surface area contributed by atoms with Crippen molar-refractivity contribution in [3.8, 4) is 0 Å². The molecule has 0 radical (unpaired) electrons. The molecule has 1 aromatic carbocycles. The van der Waals surface area contributed by atoms with E-state index in [4.69, 9.17) is 4.74 Å². The fraction of sp³-hybridized carbons (Fsp3) is 0.538. The van der Waals surface area contributed by atoms with Gasteiger partial charge in [-0.1, -0.05) is 30.3 Å². The van der Waals surface area contributed by atoms with Crippen LogP contribution in [0.5, 0.6) is 0 Å². The highest BCUT2D eigenvalue weighted by molar-refractivity contribution is 5.20. The van der Waals surface area contributed by atoms with Crippen molar-refractivity contribution in [2.24, 2.45) is 0 Å². The number of benzene rings is 1. The first-order valence-electron chi connectivity index (χ1n) is 5.59. The Kier molecular flexibility index (Phi) is 3.08. The highest BCUT2D eigenvalue weighted by atomic mass is 16.5. The molecular weight excluding hydrogens is 188 g/mol. The van der Waals surface area contributed by atoms with Crippen LogP contribution < -0.4 is 0 Å². The highest BCUT2D eigenvalue weighted by Gasteiger charge is 2.36. The molecule has 0 spiro atoms. The van der Waals surface area contributed by atoms with Crippen LogP contribution >= 0.6 is 0 Å². The van der Waals surface area contributed by atoms with Crippen LogP contribution in [0.25, 0.3) is 0 Å². The van der Waals surface area contributed by atoms with Crippen molar-refractivity contribution in [3.63, 3.8) is 0 Å². The lowest BCUT2D eigenvalue weighted by molar-refractivity contribution is -0.138. The third-order valence-electron chi connectivity index (χ3n) is 3.19. The van der Waals surface area contributed by atoms with E-state index >= 15 is 0 Å². The van der Waals surface area contributed by atoms with Gasteiger partial charge in [0.25, 0.3) is 0 Å². The second-order valence-electron chi connectivity index (χ2n) is 4.43. The molecule has 2 rings (SSSR count). The molecule has 1 N–H and O–H groups in total. The minimum absolute atomic E-state index is 0.403. The Balaban J connectivity index is 2.16. The summed E-state index contributed by atoms with van der Waals surface area (Å²) in [7, 11) is 0. The number of ether oxygens (including phenoxy) is 1. The quantitative estimate of drug-likeness (QED) is 0.806. The first-order chi connectivity index (χ1) is 7.22. The molecule has 1 heterocycles. The van der Waals surface area contributed by atoms with Gasteiger partial charge in [0.2, 0.25) is 0 Å². The van der Waals surface area contributed by atoms with E-state index in [1.807, 2.05) is 37.3 Å². The second kappa shape index (κ2) is 4.33. The van der Waals surface area contributed by atoms with Crippen molar-refractivity contribution in [1.82, 2.24) is 0 Å². The van der Waals surface area contributed by atoms with E-state index in [9.17, 15) is 5.11 Å². The van der Waals surface area contributed by atoms with Gasteiger partial charge >= 0.3 is 0 Å². The first kappa shape index (κ1) is 10.7. The van der Waals surface area contributed by atoms with Crippen LogP contribution in [0.3, 0.4) is 0 Å². The molecule has 0 saturated carbocycles.